The van der Waals surface area contributed by atoms with Crippen molar-refractivity contribution in [1.29, 1.82) is 0 Å². The second-order valence-electron chi connectivity index (χ2n) is 5.73. The van der Waals surface area contributed by atoms with E-state index in [2.05, 4.69) is 20.3 Å². The van der Waals surface area contributed by atoms with Crippen molar-refractivity contribution in [2.24, 2.45) is 0 Å². The number of carbonyl (C=O) groups excluding carboxylic acids is 2. The Kier molecular flexibility index (Phi) is 5.07. The van der Waals surface area contributed by atoms with Crippen LogP contribution in [0.15, 0.2) is 48.8 Å². The van der Waals surface area contributed by atoms with Gasteiger partial charge in [-0.2, -0.15) is 0 Å². The van der Waals surface area contributed by atoms with Crippen LogP contribution in [-0.2, 0) is 9.53 Å². The number of aromatic nitrogens is 3. The quantitative estimate of drug-likeness (QED) is 0.690. The van der Waals surface area contributed by atoms with Gasteiger partial charge in [-0.15, -0.1) is 0 Å². The number of H-pyrrole nitrogens is 1. The molecular weight excluding hydrogens is 332 g/mol. The molecule has 2 aromatic heterocycles. The number of nitrogens with zero attached hydrogens (tertiary/aromatic N) is 2. The number of amides is 1. The summed E-state index contributed by atoms with van der Waals surface area (Å²) in [6.07, 6.45) is 3.12. The Bertz CT molecular complexity index is 898. The Morgan fingerprint density at radius 3 is 2.38 bits per heavy atom. The van der Waals surface area contributed by atoms with E-state index >= 15 is 0 Å². The van der Waals surface area contributed by atoms with Gasteiger partial charge in [0.25, 0.3) is 5.91 Å². The summed E-state index contributed by atoms with van der Waals surface area (Å²) in [6, 6.07) is 10.2. The molecule has 2 heterocycles. The molecule has 0 fully saturated rings. The van der Waals surface area contributed by atoms with Gasteiger partial charge >= 0.3 is 5.97 Å². The molecule has 2 N–H and O–H groups in total. The number of anilines is 1. The van der Waals surface area contributed by atoms with E-state index in [1.54, 1.807) is 48.8 Å². The Morgan fingerprint density at radius 2 is 1.77 bits per heavy atom. The number of rotatable bonds is 5. The van der Waals surface area contributed by atoms with Crippen molar-refractivity contribution >= 4 is 17.6 Å². The third-order valence-electron chi connectivity index (χ3n) is 3.82. The number of carbonyl (C=O) groups is 2. The standard InChI is InChI=1S/C19H18N4O3/c1-12-13(2)22-18(21-12)14-3-5-15(6-4-14)19(25)26-11-17(24)23-16-7-9-20-10-8-16/h3-10H,11H2,1-2H3,(H,21,22)(H,20,23,24). The van der Waals surface area contributed by atoms with Crippen LogP contribution in [0.2, 0.25) is 0 Å². The van der Waals surface area contributed by atoms with Gasteiger partial charge in [-0.25, -0.2) is 9.78 Å². The van der Waals surface area contributed by atoms with Crippen LogP contribution in [0.3, 0.4) is 0 Å². The molecule has 1 amide bonds. The highest BCUT2D eigenvalue weighted by molar-refractivity contribution is 5.95. The summed E-state index contributed by atoms with van der Waals surface area (Å²) in [4.78, 5) is 35.3. The maximum atomic E-state index is 12.1. The summed E-state index contributed by atoms with van der Waals surface area (Å²) in [6.45, 7) is 3.52. The number of ether oxygens (including phenoxy) is 1. The lowest BCUT2D eigenvalue weighted by Gasteiger charge is -2.06. The molecule has 3 rings (SSSR count). The number of hydrogen-bond donors (Lipinski definition) is 2. The normalized spacial score (nSPS) is 10.4. The van der Waals surface area contributed by atoms with Crippen molar-refractivity contribution in [1.82, 2.24) is 15.0 Å². The lowest BCUT2D eigenvalue weighted by Crippen LogP contribution is -2.20. The van der Waals surface area contributed by atoms with Crippen LogP contribution in [-0.4, -0.2) is 33.4 Å². The van der Waals surface area contributed by atoms with Crippen molar-refractivity contribution in [3.8, 4) is 11.4 Å². The minimum Gasteiger partial charge on any atom is -0.452 e. The highest BCUT2D eigenvalue weighted by Gasteiger charge is 2.12. The van der Waals surface area contributed by atoms with Gasteiger partial charge in [-0.1, -0.05) is 12.1 Å². The highest BCUT2D eigenvalue weighted by Crippen LogP contribution is 2.18. The minimum atomic E-state index is -0.562. The number of pyridine rings is 1. The van der Waals surface area contributed by atoms with E-state index in [1.165, 1.54) is 0 Å². The molecule has 0 bridgehead atoms. The smallest absolute Gasteiger partial charge is 0.338 e. The zero-order valence-corrected chi connectivity index (χ0v) is 14.4. The molecule has 0 spiro atoms. The molecule has 7 nitrogen and oxygen atoms in total. The monoisotopic (exact) mass is 350 g/mol. The first-order valence-electron chi connectivity index (χ1n) is 8.03. The van der Waals surface area contributed by atoms with Crippen molar-refractivity contribution < 1.29 is 14.3 Å². The zero-order valence-electron chi connectivity index (χ0n) is 14.4. The number of nitrogens with one attached hydrogen (secondary N) is 2. The predicted octanol–water partition coefficient (Wildman–Crippen LogP) is 2.88. The van der Waals surface area contributed by atoms with Crippen molar-refractivity contribution in [3.63, 3.8) is 0 Å². The fourth-order valence-corrected chi connectivity index (χ4v) is 2.30. The summed E-state index contributed by atoms with van der Waals surface area (Å²) in [5.74, 6) is -0.229. The third-order valence-corrected chi connectivity index (χ3v) is 3.82. The minimum absolute atomic E-state index is 0.362. The van der Waals surface area contributed by atoms with Crippen LogP contribution in [0.5, 0.6) is 0 Å². The number of aryl methyl sites for hydroxylation is 2. The lowest BCUT2D eigenvalue weighted by molar-refractivity contribution is -0.119. The number of benzene rings is 1. The molecule has 0 radical (unpaired) electrons. The average molecular weight is 350 g/mol. The number of imidazole rings is 1. The Balaban J connectivity index is 1.57. The highest BCUT2D eigenvalue weighted by atomic mass is 16.5. The largest absolute Gasteiger partial charge is 0.452 e. The second-order valence-corrected chi connectivity index (χ2v) is 5.73. The molecule has 7 heteroatoms. The molecule has 132 valence electrons. The molecule has 0 aliphatic carbocycles. The predicted molar refractivity (Wildman–Crippen MR) is 96.6 cm³/mol. The van der Waals surface area contributed by atoms with Crippen LogP contribution < -0.4 is 5.32 Å². The lowest BCUT2D eigenvalue weighted by atomic mass is 10.1. The van der Waals surface area contributed by atoms with E-state index in [0.29, 0.717) is 11.3 Å². The van der Waals surface area contributed by atoms with E-state index in [0.717, 1.165) is 22.8 Å². The van der Waals surface area contributed by atoms with Crippen molar-refractivity contribution in [2.75, 3.05) is 11.9 Å². The van der Waals surface area contributed by atoms with Gasteiger partial charge in [-0.3, -0.25) is 9.78 Å². The SMILES string of the molecule is Cc1nc(-c2ccc(C(=O)OCC(=O)Nc3ccncc3)cc2)[nH]c1C. The van der Waals surface area contributed by atoms with Gasteiger partial charge in [0, 0.05) is 29.3 Å². The molecule has 0 atom stereocenters. The molecule has 0 aliphatic rings. The summed E-state index contributed by atoms with van der Waals surface area (Å²) in [7, 11) is 0. The van der Waals surface area contributed by atoms with Crippen LogP contribution in [0.4, 0.5) is 5.69 Å². The molecule has 26 heavy (non-hydrogen) atoms. The molecule has 1 aromatic carbocycles. The van der Waals surface area contributed by atoms with Gasteiger partial charge in [0.2, 0.25) is 0 Å². The summed E-state index contributed by atoms with van der Waals surface area (Å²) >= 11 is 0. The van der Waals surface area contributed by atoms with E-state index in [-0.39, 0.29) is 6.61 Å². The number of aromatic amines is 1. The van der Waals surface area contributed by atoms with Gasteiger partial charge in [0.15, 0.2) is 6.61 Å². The number of hydrogen-bond acceptors (Lipinski definition) is 5. The molecular formula is C19H18N4O3. The van der Waals surface area contributed by atoms with E-state index in [1.807, 2.05) is 13.8 Å². The van der Waals surface area contributed by atoms with E-state index < -0.39 is 11.9 Å². The van der Waals surface area contributed by atoms with E-state index in [9.17, 15) is 9.59 Å². The van der Waals surface area contributed by atoms with Gasteiger partial charge in [0.05, 0.1) is 11.3 Å². The first kappa shape index (κ1) is 17.3. The van der Waals surface area contributed by atoms with Crippen LogP contribution in [0.25, 0.3) is 11.4 Å². The fraction of sp³-hybridized carbons (Fsp3) is 0.158. The molecule has 0 unspecified atom stereocenters. The average Bonchev–Trinajstić information content (AvgIpc) is 2.99. The van der Waals surface area contributed by atoms with Crippen molar-refractivity contribution in [2.45, 2.75) is 13.8 Å². The van der Waals surface area contributed by atoms with Gasteiger partial charge in [-0.05, 0) is 38.1 Å². The first-order valence-corrected chi connectivity index (χ1v) is 8.03. The maximum absolute atomic E-state index is 12.1. The molecule has 0 saturated heterocycles. The second kappa shape index (κ2) is 7.60. The zero-order chi connectivity index (χ0) is 18.5. The Labute approximate surface area is 150 Å². The molecule has 0 aliphatic heterocycles. The summed E-state index contributed by atoms with van der Waals surface area (Å²) in [5, 5.41) is 2.62. The van der Waals surface area contributed by atoms with Crippen LogP contribution in [0, 0.1) is 13.8 Å². The van der Waals surface area contributed by atoms with Crippen LogP contribution >= 0.6 is 0 Å². The molecule has 0 saturated carbocycles. The first-order chi connectivity index (χ1) is 12.5. The van der Waals surface area contributed by atoms with E-state index in [4.69, 9.17) is 4.74 Å². The fourth-order valence-electron chi connectivity index (χ4n) is 2.30. The topological polar surface area (TPSA) is 97.0 Å². The van der Waals surface area contributed by atoms with Gasteiger partial charge < -0.3 is 15.0 Å². The summed E-state index contributed by atoms with van der Waals surface area (Å²) in [5.41, 5.74) is 3.76. The summed E-state index contributed by atoms with van der Waals surface area (Å²) < 4.78 is 5.04. The number of esters is 1. The molecule has 3 aromatic rings. The Hall–Kier alpha value is -3.48. The third kappa shape index (κ3) is 4.13. The maximum Gasteiger partial charge on any atom is 0.338 e. The van der Waals surface area contributed by atoms with Gasteiger partial charge in [0.1, 0.15) is 5.82 Å². The Morgan fingerprint density at radius 1 is 1.08 bits per heavy atom. The van der Waals surface area contributed by atoms with Crippen molar-refractivity contribution in [3.05, 3.63) is 65.7 Å². The van der Waals surface area contributed by atoms with Crippen LogP contribution in [0.1, 0.15) is 21.7 Å².